The van der Waals surface area contributed by atoms with Gasteiger partial charge in [0.1, 0.15) is 0 Å². The molecule has 0 saturated heterocycles. The standard InChI is InChI=1S/CN.Cu.K/c1-2;;/q-1;+1;. The van der Waals surface area contributed by atoms with Crippen molar-refractivity contribution in [2.45, 2.75) is 0 Å². The van der Waals surface area contributed by atoms with Crippen LogP contribution in [0.5, 0.6) is 0 Å². The first kappa shape index (κ1) is 17.4. The first-order valence-corrected chi connectivity index (χ1v) is 0.224. The molecule has 0 aromatic heterocycles. The van der Waals surface area contributed by atoms with Gasteiger partial charge >= 0.3 is 17.1 Å². The maximum absolute atomic E-state index is 6.25. The summed E-state index contributed by atoms with van der Waals surface area (Å²) in [6.45, 7) is 4.75. The van der Waals surface area contributed by atoms with Gasteiger partial charge in [0.2, 0.25) is 0 Å². The van der Waals surface area contributed by atoms with Crippen molar-refractivity contribution in [3.63, 3.8) is 0 Å². The molecule has 0 unspecified atom stereocenters. The Morgan fingerprint density at radius 1 is 1.25 bits per heavy atom. The minimum atomic E-state index is 0. The molecule has 0 aliphatic carbocycles. The van der Waals surface area contributed by atoms with Crippen LogP contribution < -0.4 is 0 Å². The van der Waals surface area contributed by atoms with E-state index < -0.39 is 0 Å². The molecule has 0 aliphatic rings. The van der Waals surface area contributed by atoms with Crippen molar-refractivity contribution < 1.29 is 17.1 Å². The molecule has 0 aromatic carbocycles. The Morgan fingerprint density at radius 3 is 1.25 bits per heavy atom. The third kappa shape index (κ3) is 9.42. The van der Waals surface area contributed by atoms with E-state index >= 15 is 0 Å². The predicted octanol–water partition coefficient (Wildman–Crippen LogP) is -0.287. The van der Waals surface area contributed by atoms with Crippen LogP contribution in [-0.4, -0.2) is 51.4 Å². The van der Waals surface area contributed by atoms with Gasteiger partial charge in [-0.2, -0.15) is 0 Å². The van der Waals surface area contributed by atoms with Gasteiger partial charge in [-0.05, 0) is 0 Å². The molecule has 0 atom stereocenters. The number of nitrogens with zero attached hydrogens (tertiary/aromatic N) is 1. The van der Waals surface area contributed by atoms with Crippen LogP contribution in [-0.2, 0) is 17.1 Å². The van der Waals surface area contributed by atoms with Crippen LogP contribution in [0.2, 0.25) is 0 Å². The summed E-state index contributed by atoms with van der Waals surface area (Å²) in [4.78, 5) is 0. The molecule has 0 saturated carbocycles. The van der Waals surface area contributed by atoms with E-state index in [9.17, 15) is 0 Å². The van der Waals surface area contributed by atoms with E-state index in [0.717, 1.165) is 0 Å². The minimum absolute atomic E-state index is 0. The fourth-order valence-electron chi connectivity index (χ4n) is 0. The van der Waals surface area contributed by atoms with Crippen LogP contribution >= 0.6 is 0 Å². The van der Waals surface area contributed by atoms with Crippen LogP contribution in [0.3, 0.4) is 0 Å². The van der Waals surface area contributed by atoms with E-state index in [2.05, 4.69) is 0 Å². The Labute approximate surface area is 78.7 Å². The molecule has 0 amide bonds. The Kier molecular flexibility index (Phi) is 99.2. The third-order valence-electron chi connectivity index (χ3n) is 0. The maximum Gasteiger partial charge on any atom is 1.00 e. The number of hydrogen-bond acceptors (Lipinski definition) is 1. The fraction of sp³-hybridized carbons (Fsp3) is 0. The van der Waals surface area contributed by atoms with Crippen molar-refractivity contribution in [2.75, 3.05) is 0 Å². The Balaban J connectivity index is -0.00000000500. The van der Waals surface area contributed by atoms with E-state index in [-0.39, 0.29) is 68.5 Å². The van der Waals surface area contributed by atoms with Gasteiger partial charge in [-0.15, -0.1) is 0 Å². The molecule has 0 aliphatic heterocycles. The van der Waals surface area contributed by atoms with Crippen molar-refractivity contribution in [3.8, 4) is 0 Å². The largest absolute Gasteiger partial charge is 1.00 e. The van der Waals surface area contributed by atoms with Gasteiger partial charge in [-0.25, -0.2) is 0 Å². The molecule has 0 rings (SSSR count). The third-order valence-corrected chi connectivity index (χ3v) is 0. The van der Waals surface area contributed by atoms with E-state index in [1.54, 1.807) is 0 Å². The summed E-state index contributed by atoms with van der Waals surface area (Å²) >= 11 is 0. The quantitative estimate of drug-likeness (QED) is 0.325. The normalized spacial score (nSPS) is 0.500. The molecule has 21 valence electrons. The molecule has 1 radical (unpaired) electrons. The van der Waals surface area contributed by atoms with Crippen molar-refractivity contribution in [2.24, 2.45) is 0 Å². The summed E-state index contributed by atoms with van der Waals surface area (Å²) < 4.78 is 0. The molecule has 0 bridgehead atoms. The van der Waals surface area contributed by atoms with Gasteiger partial charge in [0.25, 0.3) is 0 Å². The zero-order valence-electron chi connectivity index (χ0n) is 2.25. The Morgan fingerprint density at radius 2 is 1.25 bits per heavy atom. The summed E-state index contributed by atoms with van der Waals surface area (Å²) in [5, 5.41) is 6.25. The number of rotatable bonds is 0. The topological polar surface area (TPSA) is 23.8 Å². The Hall–Kier alpha value is 1.65. The molecule has 0 N–H and O–H groups in total. The molecule has 0 fully saturated rings. The second-order valence-corrected chi connectivity index (χ2v) is 0. The van der Waals surface area contributed by atoms with E-state index in [1.807, 2.05) is 0 Å². The zero-order valence-corrected chi connectivity index (χ0v) is 6.31. The zero-order chi connectivity index (χ0) is 2.00. The van der Waals surface area contributed by atoms with E-state index in [1.165, 1.54) is 0 Å². The van der Waals surface area contributed by atoms with Gasteiger partial charge in [0, 0.05) is 51.4 Å². The predicted molar refractivity (Wildman–Crippen MR) is 10.7 cm³/mol. The average molecular weight is 129 g/mol. The van der Waals surface area contributed by atoms with Gasteiger partial charge in [0.15, 0.2) is 0 Å². The van der Waals surface area contributed by atoms with Crippen molar-refractivity contribution in [1.29, 1.82) is 5.26 Å². The molecule has 0 heterocycles. The van der Waals surface area contributed by atoms with Crippen LogP contribution in [0, 0.1) is 11.8 Å². The van der Waals surface area contributed by atoms with Gasteiger partial charge in [0.05, 0.1) is 0 Å². The molecular formula is CCuKN. The first-order valence-electron chi connectivity index (χ1n) is 0.224. The molecule has 0 aromatic rings. The SMILES string of the molecule is [C-]#N.[Cu+].[K]. The minimum Gasteiger partial charge on any atom is -0.512 e. The van der Waals surface area contributed by atoms with Gasteiger partial charge in [-0.1, -0.05) is 0 Å². The summed E-state index contributed by atoms with van der Waals surface area (Å²) in [5.74, 6) is 0. The van der Waals surface area contributed by atoms with E-state index in [0.29, 0.717) is 0 Å². The van der Waals surface area contributed by atoms with E-state index in [4.69, 9.17) is 11.8 Å². The summed E-state index contributed by atoms with van der Waals surface area (Å²) in [6.07, 6.45) is 0. The Bertz CT molecular complexity index is 12.8. The summed E-state index contributed by atoms with van der Waals surface area (Å²) in [5.41, 5.74) is 0. The van der Waals surface area contributed by atoms with Crippen LogP contribution in [0.25, 0.3) is 0 Å². The van der Waals surface area contributed by atoms with Crippen LogP contribution in [0.1, 0.15) is 0 Å². The molecule has 4 heavy (non-hydrogen) atoms. The smallest absolute Gasteiger partial charge is 0.512 e. The fourth-order valence-corrected chi connectivity index (χ4v) is 0. The molecule has 0 spiro atoms. The molecule has 3 heteroatoms. The van der Waals surface area contributed by atoms with Crippen LogP contribution in [0.15, 0.2) is 0 Å². The summed E-state index contributed by atoms with van der Waals surface area (Å²) in [6, 6.07) is 0. The van der Waals surface area contributed by atoms with Crippen molar-refractivity contribution in [3.05, 3.63) is 6.57 Å². The number of hydrogen-bond donors (Lipinski definition) is 0. The second-order valence-electron chi connectivity index (χ2n) is 0. The van der Waals surface area contributed by atoms with Crippen LogP contribution in [0.4, 0.5) is 0 Å². The summed E-state index contributed by atoms with van der Waals surface area (Å²) in [7, 11) is 0. The van der Waals surface area contributed by atoms with Gasteiger partial charge in [-0.3, -0.25) is 0 Å². The average Bonchev–Trinajstić information content (AvgIpc) is 1.00. The van der Waals surface area contributed by atoms with Gasteiger partial charge < -0.3 is 11.8 Å². The van der Waals surface area contributed by atoms with Crippen molar-refractivity contribution in [1.82, 2.24) is 0 Å². The first-order chi connectivity index (χ1) is 1.00. The monoisotopic (exact) mass is 128 g/mol. The maximum atomic E-state index is 6.25. The second kappa shape index (κ2) is 22.8. The molecular weight excluding hydrogens is 129 g/mol. The molecule has 1 nitrogen and oxygen atoms in total. The van der Waals surface area contributed by atoms with Crippen molar-refractivity contribution >= 4 is 51.4 Å².